The van der Waals surface area contributed by atoms with E-state index in [-0.39, 0.29) is 0 Å². The van der Waals surface area contributed by atoms with Crippen LogP contribution >= 0.6 is 0 Å². The number of nitrogens with zero attached hydrogens (tertiary/aromatic N) is 3. The molecule has 1 aromatic carbocycles. The molecule has 2 atom stereocenters. The van der Waals surface area contributed by atoms with Gasteiger partial charge in [-0.1, -0.05) is 48.8 Å². The number of rotatable bonds is 5. The molecule has 2 unspecified atom stereocenters. The molecule has 21 heavy (non-hydrogen) atoms. The Balaban J connectivity index is 1.77. The Hall–Kier alpha value is -1.72. The quantitative estimate of drug-likeness (QED) is 0.914. The third-order valence-electron chi connectivity index (χ3n) is 4.07. The van der Waals surface area contributed by atoms with Crippen LogP contribution < -0.4 is 5.32 Å². The van der Waals surface area contributed by atoms with Gasteiger partial charge < -0.3 is 9.84 Å². The number of aromatic nitrogens is 2. The largest absolute Gasteiger partial charge is 0.343 e. The van der Waals surface area contributed by atoms with Gasteiger partial charge >= 0.3 is 0 Å². The molecule has 1 fully saturated rings. The van der Waals surface area contributed by atoms with Gasteiger partial charge in [-0.15, -0.1) is 0 Å². The van der Waals surface area contributed by atoms with E-state index in [1.807, 2.05) is 0 Å². The van der Waals surface area contributed by atoms with Crippen LogP contribution in [0, 0.1) is 0 Å². The van der Waals surface area contributed by atoms with Crippen LogP contribution in [0.25, 0.3) is 0 Å². The summed E-state index contributed by atoms with van der Waals surface area (Å²) < 4.78 is 4.87. The molecular formula is C16H22N4O. The van der Waals surface area contributed by atoms with E-state index in [1.165, 1.54) is 24.8 Å². The molecule has 1 aliphatic rings. The van der Waals surface area contributed by atoms with Gasteiger partial charge in [-0.3, -0.25) is 4.90 Å². The van der Waals surface area contributed by atoms with Crippen LogP contribution in [0.4, 0.5) is 0 Å². The van der Waals surface area contributed by atoms with Gasteiger partial charge in [-0.25, -0.2) is 0 Å². The fourth-order valence-electron chi connectivity index (χ4n) is 3.05. The van der Waals surface area contributed by atoms with E-state index in [0.717, 1.165) is 25.5 Å². The van der Waals surface area contributed by atoms with Gasteiger partial charge in [0.1, 0.15) is 0 Å². The lowest BCUT2D eigenvalue weighted by molar-refractivity contribution is 0.114. The molecule has 0 bridgehead atoms. The minimum Gasteiger partial charge on any atom is -0.343 e. The summed E-state index contributed by atoms with van der Waals surface area (Å²) in [5.41, 5.74) is 1.34. The Morgan fingerprint density at radius 1 is 1.33 bits per heavy atom. The van der Waals surface area contributed by atoms with Crippen molar-refractivity contribution < 1.29 is 4.52 Å². The SMILES string of the molecule is CCCC1CN(Cc2ncon2)C(c2ccccc2)CN1. The van der Waals surface area contributed by atoms with Gasteiger partial charge in [-0.05, 0) is 12.0 Å². The zero-order valence-electron chi connectivity index (χ0n) is 12.4. The molecule has 0 radical (unpaired) electrons. The smallest absolute Gasteiger partial charge is 0.213 e. The van der Waals surface area contributed by atoms with Crippen molar-refractivity contribution in [1.29, 1.82) is 0 Å². The molecule has 1 N–H and O–H groups in total. The Morgan fingerprint density at radius 2 is 2.19 bits per heavy atom. The summed E-state index contributed by atoms with van der Waals surface area (Å²) in [4.78, 5) is 6.62. The first-order valence-corrected chi connectivity index (χ1v) is 7.64. The zero-order chi connectivity index (χ0) is 14.5. The molecule has 3 rings (SSSR count). The number of hydrogen-bond donors (Lipinski definition) is 1. The van der Waals surface area contributed by atoms with Crippen LogP contribution in [0.15, 0.2) is 41.2 Å². The Bertz CT molecular complexity index is 528. The van der Waals surface area contributed by atoms with E-state index >= 15 is 0 Å². The average Bonchev–Trinajstić information content (AvgIpc) is 3.02. The van der Waals surface area contributed by atoms with Crippen molar-refractivity contribution in [3.63, 3.8) is 0 Å². The van der Waals surface area contributed by atoms with E-state index in [0.29, 0.717) is 12.1 Å². The fourth-order valence-corrected chi connectivity index (χ4v) is 3.05. The van der Waals surface area contributed by atoms with Gasteiger partial charge in [0, 0.05) is 25.2 Å². The molecule has 2 heterocycles. The highest BCUT2D eigenvalue weighted by atomic mass is 16.5. The molecule has 0 amide bonds. The van der Waals surface area contributed by atoms with Crippen LogP contribution in [0.2, 0.25) is 0 Å². The van der Waals surface area contributed by atoms with Gasteiger partial charge in [0.2, 0.25) is 6.39 Å². The normalized spacial score (nSPS) is 23.3. The van der Waals surface area contributed by atoms with E-state index in [4.69, 9.17) is 4.52 Å². The topological polar surface area (TPSA) is 54.2 Å². The second kappa shape index (κ2) is 6.83. The van der Waals surface area contributed by atoms with Crippen molar-refractivity contribution in [2.45, 2.75) is 38.4 Å². The molecule has 5 nitrogen and oxygen atoms in total. The average molecular weight is 286 g/mol. The second-order valence-electron chi connectivity index (χ2n) is 5.60. The van der Waals surface area contributed by atoms with Gasteiger partial charge in [0.25, 0.3) is 0 Å². The van der Waals surface area contributed by atoms with E-state index in [1.54, 1.807) is 0 Å². The van der Waals surface area contributed by atoms with E-state index in [2.05, 4.69) is 57.6 Å². The highest BCUT2D eigenvalue weighted by molar-refractivity contribution is 5.20. The molecule has 1 saturated heterocycles. The maximum atomic E-state index is 4.87. The minimum absolute atomic E-state index is 0.359. The Labute approximate surface area is 125 Å². The van der Waals surface area contributed by atoms with Crippen molar-refractivity contribution in [2.24, 2.45) is 0 Å². The van der Waals surface area contributed by atoms with Gasteiger partial charge in [0.15, 0.2) is 5.82 Å². The standard InChI is InChI=1S/C16H22N4O/c1-2-6-14-10-20(11-16-18-12-21-19-16)15(9-17-14)13-7-4-3-5-8-13/h3-5,7-8,12,14-15,17H,2,6,9-11H2,1H3. The lowest BCUT2D eigenvalue weighted by atomic mass is 9.99. The highest BCUT2D eigenvalue weighted by Crippen LogP contribution is 2.25. The molecule has 0 saturated carbocycles. The molecule has 112 valence electrons. The third kappa shape index (κ3) is 3.49. The summed E-state index contributed by atoms with van der Waals surface area (Å²) in [6, 6.07) is 11.5. The maximum absolute atomic E-state index is 4.87. The monoisotopic (exact) mass is 286 g/mol. The summed E-state index contributed by atoms with van der Waals surface area (Å²) in [5.74, 6) is 0.757. The minimum atomic E-state index is 0.359. The number of benzene rings is 1. The molecule has 0 spiro atoms. The van der Waals surface area contributed by atoms with Crippen LogP contribution in [0.5, 0.6) is 0 Å². The first-order valence-electron chi connectivity index (χ1n) is 7.64. The first-order chi connectivity index (χ1) is 10.4. The van der Waals surface area contributed by atoms with Crippen LogP contribution in [0.3, 0.4) is 0 Å². The Morgan fingerprint density at radius 3 is 2.90 bits per heavy atom. The highest BCUT2D eigenvalue weighted by Gasteiger charge is 2.29. The molecule has 2 aromatic rings. The number of hydrogen-bond acceptors (Lipinski definition) is 5. The van der Waals surface area contributed by atoms with Crippen molar-refractivity contribution in [3.8, 4) is 0 Å². The zero-order valence-corrected chi connectivity index (χ0v) is 12.4. The number of nitrogens with one attached hydrogen (secondary N) is 1. The second-order valence-corrected chi connectivity index (χ2v) is 5.60. The molecular weight excluding hydrogens is 264 g/mol. The summed E-state index contributed by atoms with van der Waals surface area (Å²) in [5, 5.41) is 7.63. The maximum Gasteiger partial charge on any atom is 0.213 e. The van der Waals surface area contributed by atoms with Gasteiger partial charge in [-0.2, -0.15) is 4.98 Å². The Kier molecular flexibility index (Phi) is 4.62. The summed E-state index contributed by atoms with van der Waals surface area (Å²) in [7, 11) is 0. The molecule has 1 aliphatic heterocycles. The predicted molar refractivity (Wildman–Crippen MR) is 80.6 cm³/mol. The van der Waals surface area contributed by atoms with Crippen molar-refractivity contribution in [2.75, 3.05) is 13.1 Å². The van der Waals surface area contributed by atoms with Crippen molar-refractivity contribution in [1.82, 2.24) is 20.4 Å². The third-order valence-corrected chi connectivity index (χ3v) is 4.07. The van der Waals surface area contributed by atoms with Gasteiger partial charge in [0.05, 0.1) is 6.54 Å². The van der Waals surface area contributed by atoms with Crippen molar-refractivity contribution >= 4 is 0 Å². The lowest BCUT2D eigenvalue weighted by Gasteiger charge is -2.40. The van der Waals surface area contributed by atoms with Crippen molar-refractivity contribution in [3.05, 3.63) is 48.1 Å². The summed E-state index contributed by atoms with van der Waals surface area (Å²) in [6.07, 6.45) is 3.80. The summed E-state index contributed by atoms with van der Waals surface area (Å²) in [6.45, 7) is 4.95. The molecule has 5 heteroatoms. The molecule has 1 aromatic heterocycles. The lowest BCUT2D eigenvalue weighted by Crippen LogP contribution is -2.51. The first kappa shape index (κ1) is 14.2. The van der Waals surface area contributed by atoms with E-state index < -0.39 is 0 Å². The van der Waals surface area contributed by atoms with Crippen LogP contribution in [0.1, 0.15) is 37.2 Å². The fraction of sp³-hybridized carbons (Fsp3) is 0.500. The van der Waals surface area contributed by atoms with E-state index in [9.17, 15) is 0 Å². The summed E-state index contributed by atoms with van der Waals surface area (Å²) >= 11 is 0. The number of piperazine rings is 1. The predicted octanol–water partition coefficient (Wildman–Crippen LogP) is 2.38. The van der Waals surface area contributed by atoms with Crippen LogP contribution in [-0.2, 0) is 6.54 Å². The molecule has 0 aliphatic carbocycles. The van der Waals surface area contributed by atoms with Crippen LogP contribution in [-0.4, -0.2) is 34.2 Å².